The predicted octanol–water partition coefficient (Wildman–Crippen LogP) is 2.68. The first-order valence-corrected chi connectivity index (χ1v) is 5.87. The van der Waals surface area contributed by atoms with Crippen molar-refractivity contribution >= 4 is 17.6 Å². The SMILES string of the molecule is Cc1nc(-c2ccccc2Cl)n(C)c1CC(=O)O. The number of carbonyl (C=O) groups is 1. The highest BCUT2D eigenvalue weighted by atomic mass is 35.5. The molecule has 1 heterocycles. The maximum absolute atomic E-state index is 10.8. The van der Waals surface area contributed by atoms with Gasteiger partial charge in [0, 0.05) is 12.6 Å². The van der Waals surface area contributed by atoms with Gasteiger partial charge in [-0.15, -0.1) is 0 Å². The van der Waals surface area contributed by atoms with Gasteiger partial charge < -0.3 is 9.67 Å². The van der Waals surface area contributed by atoms with E-state index in [0.717, 1.165) is 11.3 Å². The van der Waals surface area contributed by atoms with Gasteiger partial charge in [0.1, 0.15) is 5.82 Å². The maximum Gasteiger partial charge on any atom is 0.309 e. The third kappa shape index (κ3) is 2.24. The van der Waals surface area contributed by atoms with Crippen LogP contribution < -0.4 is 0 Å². The molecular weight excluding hydrogens is 252 g/mol. The van der Waals surface area contributed by atoms with E-state index < -0.39 is 5.97 Å². The number of hydrogen-bond donors (Lipinski definition) is 1. The second-order valence-corrected chi connectivity index (χ2v) is 4.48. The van der Waals surface area contributed by atoms with Crippen LogP contribution in [0, 0.1) is 6.92 Å². The Hall–Kier alpha value is -1.81. The molecule has 0 bridgehead atoms. The lowest BCUT2D eigenvalue weighted by Crippen LogP contribution is -2.07. The summed E-state index contributed by atoms with van der Waals surface area (Å²) in [6.07, 6.45) is -0.0419. The van der Waals surface area contributed by atoms with Gasteiger partial charge in [-0.1, -0.05) is 23.7 Å². The first-order valence-electron chi connectivity index (χ1n) is 5.49. The van der Waals surface area contributed by atoms with Crippen molar-refractivity contribution in [2.45, 2.75) is 13.3 Å². The topological polar surface area (TPSA) is 55.1 Å². The van der Waals surface area contributed by atoms with Crippen LogP contribution in [0.2, 0.25) is 5.02 Å². The van der Waals surface area contributed by atoms with Crippen LogP contribution in [0.3, 0.4) is 0 Å². The molecule has 1 aromatic carbocycles. The molecule has 0 fully saturated rings. The van der Waals surface area contributed by atoms with Crippen molar-refractivity contribution in [3.05, 3.63) is 40.7 Å². The Morgan fingerprint density at radius 1 is 1.44 bits per heavy atom. The molecule has 0 spiro atoms. The maximum atomic E-state index is 10.8. The number of imidazole rings is 1. The third-order valence-corrected chi connectivity index (χ3v) is 3.18. The first kappa shape index (κ1) is 12.6. The summed E-state index contributed by atoms with van der Waals surface area (Å²) in [5, 5.41) is 9.49. The van der Waals surface area contributed by atoms with Crippen molar-refractivity contribution in [2.24, 2.45) is 7.05 Å². The summed E-state index contributed by atoms with van der Waals surface area (Å²) >= 11 is 6.13. The molecule has 0 aliphatic heterocycles. The van der Waals surface area contributed by atoms with Gasteiger partial charge >= 0.3 is 5.97 Å². The van der Waals surface area contributed by atoms with Gasteiger partial charge in [0.05, 0.1) is 22.8 Å². The number of halogens is 1. The van der Waals surface area contributed by atoms with Gasteiger partial charge in [-0.05, 0) is 19.1 Å². The molecule has 4 nitrogen and oxygen atoms in total. The van der Waals surface area contributed by atoms with Crippen molar-refractivity contribution in [3.63, 3.8) is 0 Å². The molecule has 0 aliphatic carbocycles. The molecule has 0 saturated carbocycles. The number of benzene rings is 1. The molecule has 0 radical (unpaired) electrons. The Labute approximate surface area is 110 Å². The lowest BCUT2D eigenvalue weighted by Gasteiger charge is -2.06. The predicted molar refractivity (Wildman–Crippen MR) is 69.7 cm³/mol. The number of aryl methyl sites for hydroxylation is 1. The van der Waals surface area contributed by atoms with Crippen molar-refractivity contribution < 1.29 is 9.90 Å². The molecule has 0 saturated heterocycles. The minimum Gasteiger partial charge on any atom is -0.481 e. The second-order valence-electron chi connectivity index (χ2n) is 4.08. The number of nitrogens with zero attached hydrogens (tertiary/aromatic N) is 2. The Balaban J connectivity index is 2.54. The Bertz CT molecular complexity index is 605. The third-order valence-electron chi connectivity index (χ3n) is 2.85. The van der Waals surface area contributed by atoms with Crippen LogP contribution in [-0.4, -0.2) is 20.6 Å². The van der Waals surface area contributed by atoms with Gasteiger partial charge in [-0.25, -0.2) is 4.98 Å². The number of carboxylic acids is 1. The van der Waals surface area contributed by atoms with Gasteiger partial charge in [-0.3, -0.25) is 4.79 Å². The zero-order chi connectivity index (χ0) is 13.3. The highest BCUT2D eigenvalue weighted by Crippen LogP contribution is 2.28. The molecule has 5 heteroatoms. The van der Waals surface area contributed by atoms with Crippen molar-refractivity contribution in [3.8, 4) is 11.4 Å². The lowest BCUT2D eigenvalue weighted by molar-refractivity contribution is -0.136. The van der Waals surface area contributed by atoms with E-state index in [1.165, 1.54) is 0 Å². The van der Waals surface area contributed by atoms with Crippen molar-refractivity contribution in [2.75, 3.05) is 0 Å². The van der Waals surface area contributed by atoms with Crippen molar-refractivity contribution in [1.29, 1.82) is 0 Å². The average Bonchev–Trinajstić information content (AvgIpc) is 2.57. The van der Waals surface area contributed by atoms with E-state index in [1.807, 2.05) is 18.2 Å². The molecule has 0 atom stereocenters. The summed E-state index contributed by atoms with van der Waals surface area (Å²) < 4.78 is 1.78. The van der Waals surface area contributed by atoms with Crippen LogP contribution in [0.1, 0.15) is 11.4 Å². The minimum atomic E-state index is -0.869. The van der Waals surface area contributed by atoms with Crippen LogP contribution in [0.5, 0.6) is 0 Å². The summed E-state index contributed by atoms with van der Waals surface area (Å²) in [4.78, 5) is 15.2. The number of rotatable bonds is 3. The zero-order valence-electron chi connectivity index (χ0n) is 10.1. The smallest absolute Gasteiger partial charge is 0.309 e. The Morgan fingerprint density at radius 2 is 2.11 bits per heavy atom. The largest absolute Gasteiger partial charge is 0.481 e. The fraction of sp³-hybridized carbons (Fsp3) is 0.231. The van der Waals surface area contributed by atoms with Crippen molar-refractivity contribution in [1.82, 2.24) is 9.55 Å². The quantitative estimate of drug-likeness (QED) is 0.927. The van der Waals surface area contributed by atoms with Crippen LogP contribution in [0.4, 0.5) is 0 Å². The number of aliphatic carboxylic acids is 1. The highest BCUT2D eigenvalue weighted by molar-refractivity contribution is 6.33. The van der Waals surface area contributed by atoms with Crippen LogP contribution in [-0.2, 0) is 18.3 Å². The average molecular weight is 265 g/mol. The molecule has 0 unspecified atom stereocenters. The van der Waals surface area contributed by atoms with E-state index in [4.69, 9.17) is 16.7 Å². The lowest BCUT2D eigenvalue weighted by atomic mass is 10.2. The van der Waals surface area contributed by atoms with Gasteiger partial charge in [0.2, 0.25) is 0 Å². The van der Waals surface area contributed by atoms with Crippen LogP contribution >= 0.6 is 11.6 Å². The molecule has 2 rings (SSSR count). The zero-order valence-corrected chi connectivity index (χ0v) is 10.9. The monoisotopic (exact) mass is 264 g/mol. The van der Waals surface area contributed by atoms with E-state index in [9.17, 15) is 4.79 Å². The molecule has 18 heavy (non-hydrogen) atoms. The second kappa shape index (κ2) is 4.82. The van der Waals surface area contributed by atoms with Crippen LogP contribution in [0.25, 0.3) is 11.4 Å². The summed E-state index contributed by atoms with van der Waals surface area (Å²) in [5.41, 5.74) is 2.22. The normalized spacial score (nSPS) is 10.6. The van der Waals surface area contributed by atoms with Gasteiger partial charge in [0.15, 0.2) is 0 Å². The molecule has 0 amide bonds. The highest BCUT2D eigenvalue weighted by Gasteiger charge is 2.16. The van der Waals surface area contributed by atoms with E-state index in [1.54, 1.807) is 24.6 Å². The standard InChI is InChI=1S/C13H13ClN2O2/c1-8-11(7-12(17)18)16(2)13(15-8)9-5-3-4-6-10(9)14/h3-6H,7H2,1-2H3,(H,17,18). The van der Waals surface area contributed by atoms with Gasteiger partial charge in [-0.2, -0.15) is 0 Å². The number of carboxylic acid groups (broad SMARTS) is 1. The number of aromatic nitrogens is 2. The Kier molecular flexibility index (Phi) is 3.39. The van der Waals surface area contributed by atoms with E-state index in [0.29, 0.717) is 16.5 Å². The van der Waals surface area contributed by atoms with E-state index >= 15 is 0 Å². The number of hydrogen-bond acceptors (Lipinski definition) is 2. The van der Waals surface area contributed by atoms with Crippen LogP contribution in [0.15, 0.2) is 24.3 Å². The molecule has 1 N–H and O–H groups in total. The van der Waals surface area contributed by atoms with Gasteiger partial charge in [0.25, 0.3) is 0 Å². The first-order chi connectivity index (χ1) is 8.50. The van der Waals surface area contributed by atoms with E-state index in [2.05, 4.69) is 4.98 Å². The molecular formula is C13H13ClN2O2. The molecule has 2 aromatic rings. The summed E-state index contributed by atoms with van der Waals surface area (Å²) in [7, 11) is 1.80. The summed E-state index contributed by atoms with van der Waals surface area (Å²) in [5.74, 6) is -0.179. The summed E-state index contributed by atoms with van der Waals surface area (Å²) in [6.45, 7) is 1.80. The fourth-order valence-electron chi connectivity index (χ4n) is 1.94. The molecule has 0 aliphatic rings. The fourth-order valence-corrected chi connectivity index (χ4v) is 2.16. The summed E-state index contributed by atoms with van der Waals surface area (Å²) in [6, 6.07) is 7.38. The Morgan fingerprint density at radius 3 is 2.72 bits per heavy atom. The molecule has 94 valence electrons. The molecule has 1 aromatic heterocycles. The minimum absolute atomic E-state index is 0.0419. The van der Waals surface area contributed by atoms with E-state index in [-0.39, 0.29) is 6.42 Å².